The van der Waals surface area contributed by atoms with Crippen molar-refractivity contribution in [3.05, 3.63) is 95.3 Å². The van der Waals surface area contributed by atoms with Crippen LogP contribution in [-0.2, 0) is 4.74 Å². The van der Waals surface area contributed by atoms with E-state index >= 15 is 0 Å². The van der Waals surface area contributed by atoms with E-state index < -0.39 is 5.97 Å². The highest BCUT2D eigenvalue weighted by Gasteiger charge is 2.21. The van der Waals surface area contributed by atoms with Gasteiger partial charge in [-0.1, -0.05) is 42.1 Å². The van der Waals surface area contributed by atoms with Crippen molar-refractivity contribution in [2.24, 2.45) is 0 Å². The second-order valence-electron chi connectivity index (χ2n) is 8.11. The van der Waals surface area contributed by atoms with E-state index in [1.807, 2.05) is 53.8 Å². The van der Waals surface area contributed by atoms with Crippen molar-refractivity contribution in [2.45, 2.75) is 23.6 Å². The Morgan fingerprint density at radius 1 is 0.971 bits per heavy atom. The van der Waals surface area contributed by atoms with E-state index in [1.54, 1.807) is 30.8 Å². The molecule has 6 heteroatoms. The molecule has 5 rings (SSSR count). The Balaban J connectivity index is 1.46. The van der Waals surface area contributed by atoms with Gasteiger partial charge >= 0.3 is 5.97 Å². The number of hydrogen-bond donors (Lipinski definition) is 0. The largest absolute Gasteiger partial charge is 0.462 e. The number of benzene rings is 2. The number of para-hydroxylation sites is 1. The highest BCUT2D eigenvalue weighted by molar-refractivity contribution is 7.99. The molecule has 2 aromatic heterocycles. The highest BCUT2D eigenvalue weighted by Crippen LogP contribution is 2.47. The topological polar surface area (TPSA) is 51.0 Å². The lowest BCUT2D eigenvalue weighted by atomic mass is 10.1. The molecule has 1 aliphatic heterocycles. The zero-order valence-electron chi connectivity index (χ0n) is 19.2. The maximum Gasteiger partial charge on any atom is 0.340 e. The Bertz CT molecular complexity index is 1470. The molecular formula is C28H24N2O3S. The first-order chi connectivity index (χ1) is 16.5. The van der Waals surface area contributed by atoms with Crippen molar-refractivity contribution < 1.29 is 14.3 Å². The third-order valence-corrected chi connectivity index (χ3v) is 7.06. The van der Waals surface area contributed by atoms with Gasteiger partial charge in [0.15, 0.2) is 0 Å². The Kier molecular flexibility index (Phi) is 5.75. The lowest BCUT2D eigenvalue weighted by Gasteiger charge is -2.29. The quantitative estimate of drug-likeness (QED) is 0.189. The number of anilines is 2. The molecule has 1 aliphatic rings. The first-order valence-corrected chi connectivity index (χ1v) is 11.9. The molecule has 0 saturated carbocycles. The number of carbonyl (C=O) groups is 2. The van der Waals surface area contributed by atoms with Gasteiger partial charge in [-0.25, -0.2) is 4.79 Å². The fourth-order valence-electron chi connectivity index (χ4n) is 4.30. The van der Waals surface area contributed by atoms with Crippen LogP contribution >= 0.6 is 11.8 Å². The summed E-state index contributed by atoms with van der Waals surface area (Å²) in [7, 11) is 2.07. The lowest BCUT2D eigenvalue weighted by Crippen LogP contribution is -2.14. The molecule has 0 atom stereocenters. The number of ketones is 1. The van der Waals surface area contributed by atoms with Crippen LogP contribution in [0.4, 0.5) is 11.4 Å². The molecule has 5 nitrogen and oxygen atoms in total. The average molecular weight is 469 g/mol. The van der Waals surface area contributed by atoms with Crippen LogP contribution in [0.25, 0.3) is 11.6 Å². The molecule has 4 aromatic rings. The van der Waals surface area contributed by atoms with Crippen LogP contribution in [0.1, 0.15) is 39.0 Å². The minimum absolute atomic E-state index is 0.173. The van der Waals surface area contributed by atoms with Crippen molar-refractivity contribution in [2.75, 3.05) is 18.6 Å². The van der Waals surface area contributed by atoms with Gasteiger partial charge in [-0.2, -0.15) is 0 Å². The second-order valence-corrected chi connectivity index (χ2v) is 9.19. The molecule has 0 bridgehead atoms. The molecule has 0 saturated heterocycles. The van der Waals surface area contributed by atoms with Crippen molar-refractivity contribution in [3.8, 4) is 0 Å². The number of nitrogens with zero attached hydrogens (tertiary/aromatic N) is 2. The third-order valence-electron chi connectivity index (χ3n) is 5.95. The zero-order valence-corrected chi connectivity index (χ0v) is 20.1. The number of aryl methyl sites for hydroxylation is 1. The van der Waals surface area contributed by atoms with Gasteiger partial charge in [0.25, 0.3) is 0 Å². The summed E-state index contributed by atoms with van der Waals surface area (Å²) in [4.78, 5) is 30.2. The molecule has 3 heterocycles. The molecule has 170 valence electrons. The van der Waals surface area contributed by atoms with Crippen LogP contribution in [0.2, 0.25) is 0 Å². The highest BCUT2D eigenvalue weighted by atomic mass is 32.2. The normalized spacial score (nSPS) is 12.6. The molecule has 0 aliphatic carbocycles. The predicted molar refractivity (Wildman–Crippen MR) is 137 cm³/mol. The number of rotatable bonds is 5. The van der Waals surface area contributed by atoms with Gasteiger partial charge in [-0.05, 0) is 68.0 Å². The van der Waals surface area contributed by atoms with E-state index in [0.29, 0.717) is 16.8 Å². The van der Waals surface area contributed by atoms with E-state index in [0.717, 1.165) is 21.8 Å². The van der Waals surface area contributed by atoms with Gasteiger partial charge in [0, 0.05) is 22.5 Å². The monoisotopic (exact) mass is 468 g/mol. The summed E-state index contributed by atoms with van der Waals surface area (Å²) < 4.78 is 7.01. The summed E-state index contributed by atoms with van der Waals surface area (Å²) >= 11 is 1.73. The van der Waals surface area contributed by atoms with Gasteiger partial charge in [0.1, 0.15) is 0 Å². The second kappa shape index (κ2) is 8.88. The van der Waals surface area contributed by atoms with Crippen LogP contribution in [-0.4, -0.2) is 29.8 Å². The smallest absolute Gasteiger partial charge is 0.340 e. The van der Waals surface area contributed by atoms with E-state index in [1.165, 1.54) is 10.6 Å². The van der Waals surface area contributed by atoms with Crippen molar-refractivity contribution in [1.82, 2.24) is 4.40 Å². The van der Waals surface area contributed by atoms with Gasteiger partial charge < -0.3 is 14.0 Å². The number of hydrogen-bond acceptors (Lipinski definition) is 5. The molecular weight excluding hydrogens is 444 g/mol. The first kappa shape index (κ1) is 22.0. The van der Waals surface area contributed by atoms with Crippen molar-refractivity contribution in [1.29, 1.82) is 0 Å². The lowest BCUT2D eigenvalue weighted by molar-refractivity contribution is 0.0529. The van der Waals surface area contributed by atoms with Crippen LogP contribution in [0.5, 0.6) is 0 Å². The fourth-order valence-corrected chi connectivity index (χ4v) is 5.49. The Morgan fingerprint density at radius 2 is 1.76 bits per heavy atom. The van der Waals surface area contributed by atoms with E-state index in [4.69, 9.17) is 4.74 Å². The van der Waals surface area contributed by atoms with E-state index in [2.05, 4.69) is 36.2 Å². The molecule has 0 unspecified atom stereocenters. The third kappa shape index (κ3) is 3.80. The van der Waals surface area contributed by atoms with Gasteiger partial charge in [-0.15, -0.1) is 0 Å². The Hall–Kier alpha value is -3.77. The van der Waals surface area contributed by atoms with Crippen molar-refractivity contribution >= 4 is 46.5 Å². The summed E-state index contributed by atoms with van der Waals surface area (Å²) in [5, 5.41) is 0. The van der Waals surface area contributed by atoms with Crippen LogP contribution in [0.15, 0.2) is 82.6 Å². The summed E-state index contributed by atoms with van der Waals surface area (Å²) in [6, 6.07) is 21.8. The Labute approximate surface area is 202 Å². The maximum absolute atomic E-state index is 13.2. The van der Waals surface area contributed by atoms with Crippen LogP contribution in [0.3, 0.4) is 0 Å². The number of allylic oxidation sites excluding steroid dienone is 1. The van der Waals surface area contributed by atoms with Gasteiger partial charge in [0.2, 0.25) is 5.78 Å². The van der Waals surface area contributed by atoms with Crippen LogP contribution in [0, 0.1) is 6.92 Å². The van der Waals surface area contributed by atoms with Crippen LogP contribution < -0.4 is 4.90 Å². The SMILES string of the molecule is CCOC(=O)c1cc(C(=O)/C=C/c2ccc3c(c2)Sc2ccccc2N3C)n2c(C)cccc12. The molecule has 0 N–H and O–H groups in total. The predicted octanol–water partition coefficient (Wildman–Crippen LogP) is 6.55. The van der Waals surface area contributed by atoms with Gasteiger partial charge in [-0.3, -0.25) is 4.79 Å². The first-order valence-electron chi connectivity index (χ1n) is 11.1. The van der Waals surface area contributed by atoms with Crippen molar-refractivity contribution in [3.63, 3.8) is 0 Å². The summed E-state index contributed by atoms with van der Waals surface area (Å²) in [6.45, 7) is 3.96. The minimum Gasteiger partial charge on any atom is -0.462 e. The number of fused-ring (bicyclic) bond motifs is 3. The number of pyridine rings is 1. The number of esters is 1. The van der Waals surface area contributed by atoms with E-state index in [-0.39, 0.29) is 12.4 Å². The summed E-state index contributed by atoms with van der Waals surface area (Å²) in [6.07, 6.45) is 3.39. The standard InChI is InChI=1S/C28H24N2O3S/c1-4-33-28(32)20-17-24(30-18(2)8-7-10-21(20)30)25(31)15-13-19-12-14-23-27(16-19)34-26-11-6-5-9-22(26)29(23)3/h5-17H,4H2,1-3H3/b15-13+. The average Bonchev–Trinajstić information content (AvgIpc) is 3.24. The summed E-state index contributed by atoms with van der Waals surface area (Å²) in [5.41, 5.74) is 5.64. The molecule has 0 radical (unpaired) electrons. The maximum atomic E-state index is 13.2. The Morgan fingerprint density at radius 3 is 2.59 bits per heavy atom. The number of ether oxygens (including phenoxy) is 1. The number of aromatic nitrogens is 1. The zero-order chi connectivity index (χ0) is 23.8. The molecule has 0 amide bonds. The minimum atomic E-state index is -0.426. The summed E-state index contributed by atoms with van der Waals surface area (Å²) in [5.74, 6) is -0.600. The van der Waals surface area contributed by atoms with Gasteiger partial charge in [0.05, 0.1) is 34.8 Å². The van der Waals surface area contributed by atoms with E-state index in [9.17, 15) is 9.59 Å². The molecule has 34 heavy (non-hydrogen) atoms. The number of carbonyl (C=O) groups excluding carboxylic acids is 2. The molecule has 0 spiro atoms. The molecule has 2 aromatic carbocycles. The fraction of sp³-hybridized carbons (Fsp3) is 0.143. The molecule has 0 fully saturated rings.